The van der Waals surface area contributed by atoms with E-state index in [1.54, 1.807) is 11.8 Å². The molecule has 0 fully saturated rings. The molecule has 0 spiro atoms. The van der Waals surface area contributed by atoms with Crippen molar-refractivity contribution < 1.29 is 17.9 Å². The predicted octanol–water partition coefficient (Wildman–Crippen LogP) is 2.06. The summed E-state index contributed by atoms with van der Waals surface area (Å²) in [6.45, 7) is 0.250. The molecular weight excluding hydrogens is 392 g/mol. The van der Waals surface area contributed by atoms with E-state index in [2.05, 4.69) is 10.4 Å². The number of amides is 1. The average Bonchev–Trinajstić information content (AvgIpc) is 3.21. The van der Waals surface area contributed by atoms with Crippen LogP contribution >= 0.6 is 0 Å². The fourth-order valence-electron chi connectivity index (χ4n) is 2.60. The van der Waals surface area contributed by atoms with E-state index in [1.165, 1.54) is 38.4 Å². The number of ether oxygens (including phenoxy) is 1. The number of hydrogen-bond acceptors (Lipinski definition) is 5. The number of carbonyl (C=O) groups is 1. The van der Waals surface area contributed by atoms with Crippen LogP contribution in [0, 0.1) is 0 Å². The molecule has 8 nitrogen and oxygen atoms in total. The Morgan fingerprint density at radius 2 is 1.72 bits per heavy atom. The Balaban J connectivity index is 1.63. The average molecular weight is 414 g/mol. The largest absolute Gasteiger partial charge is 0.497 e. The minimum absolute atomic E-state index is 0.136. The van der Waals surface area contributed by atoms with E-state index in [-0.39, 0.29) is 17.3 Å². The molecule has 0 bridgehead atoms. The Labute approximate surface area is 169 Å². The zero-order valence-corrected chi connectivity index (χ0v) is 17.2. The summed E-state index contributed by atoms with van der Waals surface area (Å²) in [4.78, 5) is 12.5. The predicted molar refractivity (Wildman–Crippen MR) is 109 cm³/mol. The second-order valence-electron chi connectivity index (χ2n) is 6.44. The van der Waals surface area contributed by atoms with Gasteiger partial charge in [0.25, 0.3) is 5.91 Å². The lowest BCUT2D eigenvalue weighted by atomic mass is 10.2. The van der Waals surface area contributed by atoms with Crippen molar-refractivity contribution in [3.05, 3.63) is 72.1 Å². The topological polar surface area (TPSA) is 93.5 Å². The smallest absolute Gasteiger partial charge is 0.251 e. The van der Waals surface area contributed by atoms with Crippen molar-refractivity contribution in [2.24, 2.45) is 0 Å². The Kier molecular flexibility index (Phi) is 6.00. The number of aromatic nitrogens is 2. The van der Waals surface area contributed by atoms with Gasteiger partial charge in [-0.05, 0) is 54.6 Å². The summed E-state index contributed by atoms with van der Waals surface area (Å²) < 4.78 is 32.2. The SMILES string of the molecule is COc1ccc(-n2ccc(CNC(=O)c3ccc(S(=O)(=O)N(C)C)cc3)n2)cc1. The van der Waals surface area contributed by atoms with E-state index in [0.29, 0.717) is 11.3 Å². The van der Waals surface area contributed by atoms with Crippen LogP contribution in [-0.2, 0) is 16.6 Å². The molecule has 1 amide bonds. The summed E-state index contributed by atoms with van der Waals surface area (Å²) in [6.07, 6.45) is 1.81. The third-order valence-corrected chi connectivity index (χ3v) is 6.14. The van der Waals surface area contributed by atoms with Gasteiger partial charge in [-0.25, -0.2) is 17.4 Å². The van der Waals surface area contributed by atoms with Crippen molar-refractivity contribution in [3.8, 4) is 11.4 Å². The van der Waals surface area contributed by atoms with Crippen molar-refractivity contribution in [2.45, 2.75) is 11.4 Å². The molecule has 3 rings (SSSR count). The highest BCUT2D eigenvalue weighted by atomic mass is 32.2. The number of hydrogen-bond donors (Lipinski definition) is 1. The van der Waals surface area contributed by atoms with E-state index in [4.69, 9.17) is 4.74 Å². The van der Waals surface area contributed by atoms with Gasteiger partial charge >= 0.3 is 0 Å². The summed E-state index contributed by atoms with van der Waals surface area (Å²) in [6, 6.07) is 15.1. The van der Waals surface area contributed by atoms with E-state index in [0.717, 1.165) is 15.7 Å². The number of nitrogens with one attached hydrogen (secondary N) is 1. The normalized spacial score (nSPS) is 11.4. The number of nitrogens with zero attached hydrogens (tertiary/aromatic N) is 3. The van der Waals surface area contributed by atoms with Gasteiger partial charge < -0.3 is 10.1 Å². The molecule has 0 unspecified atom stereocenters. The lowest BCUT2D eigenvalue weighted by Crippen LogP contribution is -2.24. The summed E-state index contributed by atoms with van der Waals surface area (Å²) in [5.74, 6) is 0.454. The van der Waals surface area contributed by atoms with E-state index in [1.807, 2.05) is 36.5 Å². The molecule has 0 aliphatic heterocycles. The fourth-order valence-corrected chi connectivity index (χ4v) is 3.50. The third-order valence-electron chi connectivity index (χ3n) is 4.31. The molecule has 0 atom stereocenters. The third kappa shape index (κ3) is 4.64. The quantitative estimate of drug-likeness (QED) is 0.639. The lowest BCUT2D eigenvalue weighted by Gasteiger charge is -2.11. The number of benzene rings is 2. The van der Waals surface area contributed by atoms with Gasteiger partial charge in [0, 0.05) is 25.9 Å². The van der Waals surface area contributed by atoms with Gasteiger partial charge in [-0.15, -0.1) is 0 Å². The van der Waals surface area contributed by atoms with E-state index < -0.39 is 10.0 Å². The molecular formula is C20H22N4O4S. The van der Waals surface area contributed by atoms with Gasteiger partial charge in [0.2, 0.25) is 10.0 Å². The molecule has 1 N–H and O–H groups in total. The van der Waals surface area contributed by atoms with Crippen molar-refractivity contribution in [1.82, 2.24) is 19.4 Å². The molecule has 3 aromatic rings. The molecule has 0 aliphatic carbocycles. The molecule has 29 heavy (non-hydrogen) atoms. The first-order chi connectivity index (χ1) is 13.8. The van der Waals surface area contributed by atoms with Gasteiger partial charge in [0.15, 0.2) is 0 Å². The molecule has 1 aromatic heterocycles. The van der Waals surface area contributed by atoms with E-state index >= 15 is 0 Å². The van der Waals surface area contributed by atoms with Gasteiger partial charge in [0.05, 0.1) is 29.9 Å². The number of rotatable bonds is 7. The highest BCUT2D eigenvalue weighted by Gasteiger charge is 2.17. The maximum absolute atomic E-state index is 12.3. The van der Waals surface area contributed by atoms with Crippen LogP contribution in [0.3, 0.4) is 0 Å². The van der Waals surface area contributed by atoms with Crippen LogP contribution in [0.25, 0.3) is 5.69 Å². The van der Waals surface area contributed by atoms with Gasteiger partial charge in [0.1, 0.15) is 5.75 Å². The van der Waals surface area contributed by atoms with E-state index in [9.17, 15) is 13.2 Å². The molecule has 0 saturated heterocycles. The highest BCUT2D eigenvalue weighted by Crippen LogP contribution is 2.15. The molecule has 9 heteroatoms. The van der Waals surface area contributed by atoms with Gasteiger partial charge in [-0.1, -0.05) is 0 Å². The van der Waals surface area contributed by atoms with Crippen LogP contribution in [0.5, 0.6) is 5.75 Å². The number of methoxy groups -OCH3 is 1. The number of sulfonamides is 1. The molecule has 152 valence electrons. The summed E-state index contributed by atoms with van der Waals surface area (Å²) in [7, 11) is 1.01. The molecule has 1 heterocycles. The van der Waals surface area contributed by atoms with Crippen LogP contribution in [-0.4, -0.2) is 49.6 Å². The molecule has 2 aromatic carbocycles. The van der Waals surface area contributed by atoms with Crippen molar-refractivity contribution in [1.29, 1.82) is 0 Å². The molecule has 0 aliphatic rings. The van der Waals surface area contributed by atoms with Crippen molar-refractivity contribution >= 4 is 15.9 Å². The second kappa shape index (κ2) is 8.46. The number of carbonyl (C=O) groups excluding carboxylic acids is 1. The summed E-state index contributed by atoms with van der Waals surface area (Å²) in [5.41, 5.74) is 1.94. The maximum Gasteiger partial charge on any atom is 0.251 e. The summed E-state index contributed by atoms with van der Waals surface area (Å²) in [5, 5.41) is 7.23. The Morgan fingerprint density at radius 3 is 2.31 bits per heavy atom. The Morgan fingerprint density at radius 1 is 1.07 bits per heavy atom. The standard InChI is InChI=1S/C20H22N4O4S/c1-23(2)29(26,27)19-10-4-15(5-11-19)20(25)21-14-16-12-13-24(22-16)17-6-8-18(28-3)9-7-17/h4-13H,14H2,1-3H3,(H,21,25). The zero-order chi connectivity index (χ0) is 21.0. The first kappa shape index (κ1) is 20.6. The first-order valence-corrected chi connectivity index (χ1v) is 10.2. The Hall–Kier alpha value is -3.17. The van der Waals surface area contributed by atoms with Gasteiger partial charge in [-0.2, -0.15) is 5.10 Å². The summed E-state index contributed by atoms with van der Waals surface area (Å²) >= 11 is 0. The van der Waals surface area contributed by atoms with Crippen molar-refractivity contribution in [2.75, 3.05) is 21.2 Å². The monoisotopic (exact) mass is 414 g/mol. The van der Waals surface area contributed by atoms with Crippen LogP contribution < -0.4 is 10.1 Å². The van der Waals surface area contributed by atoms with Crippen LogP contribution in [0.15, 0.2) is 65.7 Å². The lowest BCUT2D eigenvalue weighted by molar-refractivity contribution is 0.0950. The fraction of sp³-hybridized carbons (Fsp3) is 0.200. The highest BCUT2D eigenvalue weighted by molar-refractivity contribution is 7.89. The van der Waals surface area contributed by atoms with Crippen LogP contribution in [0.1, 0.15) is 16.1 Å². The molecule has 0 radical (unpaired) electrons. The first-order valence-electron chi connectivity index (χ1n) is 8.81. The van der Waals surface area contributed by atoms with Gasteiger partial charge in [-0.3, -0.25) is 4.79 Å². The maximum atomic E-state index is 12.3. The van der Waals surface area contributed by atoms with Crippen molar-refractivity contribution in [3.63, 3.8) is 0 Å². The minimum Gasteiger partial charge on any atom is -0.497 e. The minimum atomic E-state index is -3.52. The van der Waals surface area contributed by atoms with Crippen LogP contribution in [0.2, 0.25) is 0 Å². The Bertz CT molecular complexity index is 1090. The second-order valence-corrected chi connectivity index (χ2v) is 8.60. The van der Waals surface area contributed by atoms with Crippen LogP contribution in [0.4, 0.5) is 0 Å². The zero-order valence-electron chi connectivity index (χ0n) is 16.4. The molecule has 0 saturated carbocycles.